The standard InChI is InChI=1S/C14H19BrN4/c1-18-8-6-14(7-9-18)10-17-13(16)19(14)12-4-2-11(15)3-5-12/h2-5H,6-10H2,1H3,(H2,16,17). The van der Waals surface area contributed by atoms with E-state index in [1.54, 1.807) is 0 Å². The summed E-state index contributed by atoms with van der Waals surface area (Å²) in [7, 11) is 2.18. The molecule has 5 heteroatoms. The van der Waals surface area contributed by atoms with Gasteiger partial charge in [0.2, 0.25) is 0 Å². The number of hydrogen-bond donors (Lipinski definition) is 1. The molecule has 2 heterocycles. The topological polar surface area (TPSA) is 44.9 Å². The molecule has 1 aromatic carbocycles. The number of anilines is 1. The van der Waals surface area contributed by atoms with E-state index in [0.717, 1.165) is 42.6 Å². The molecule has 1 spiro atoms. The molecule has 0 amide bonds. The highest BCUT2D eigenvalue weighted by Crippen LogP contribution is 2.36. The molecule has 4 nitrogen and oxygen atoms in total. The zero-order valence-corrected chi connectivity index (χ0v) is 12.7. The summed E-state index contributed by atoms with van der Waals surface area (Å²) in [6.07, 6.45) is 2.23. The molecule has 102 valence electrons. The van der Waals surface area contributed by atoms with Gasteiger partial charge in [0, 0.05) is 23.2 Å². The van der Waals surface area contributed by atoms with Crippen LogP contribution in [-0.4, -0.2) is 43.1 Å². The third-order valence-electron chi connectivity index (χ3n) is 4.24. The number of benzene rings is 1. The van der Waals surface area contributed by atoms with Gasteiger partial charge in [-0.05, 0) is 44.2 Å². The van der Waals surface area contributed by atoms with Crippen LogP contribution in [0.4, 0.5) is 5.69 Å². The molecule has 1 aromatic rings. The maximum Gasteiger partial charge on any atom is 0.196 e. The molecule has 0 bridgehead atoms. The van der Waals surface area contributed by atoms with Crippen LogP contribution >= 0.6 is 15.9 Å². The Morgan fingerprint density at radius 3 is 2.47 bits per heavy atom. The van der Waals surface area contributed by atoms with Crippen LogP contribution in [0.3, 0.4) is 0 Å². The molecule has 19 heavy (non-hydrogen) atoms. The number of aliphatic imine (C=N–C) groups is 1. The van der Waals surface area contributed by atoms with Gasteiger partial charge in [0.05, 0.1) is 12.1 Å². The third kappa shape index (κ3) is 2.25. The van der Waals surface area contributed by atoms with Crippen LogP contribution in [0.15, 0.2) is 33.7 Å². The molecule has 0 radical (unpaired) electrons. The van der Waals surface area contributed by atoms with E-state index in [2.05, 4.69) is 62.0 Å². The van der Waals surface area contributed by atoms with Gasteiger partial charge in [-0.3, -0.25) is 4.99 Å². The quantitative estimate of drug-likeness (QED) is 0.860. The molecule has 0 aromatic heterocycles. The minimum atomic E-state index is 0.0877. The molecular weight excluding hydrogens is 304 g/mol. The summed E-state index contributed by atoms with van der Waals surface area (Å²) in [5.41, 5.74) is 7.37. The van der Waals surface area contributed by atoms with Gasteiger partial charge in [-0.15, -0.1) is 0 Å². The molecule has 2 aliphatic heterocycles. The maximum atomic E-state index is 6.14. The predicted octanol–water partition coefficient (Wildman–Crippen LogP) is 2.05. The minimum absolute atomic E-state index is 0.0877. The largest absolute Gasteiger partial charge is 0.369 e. The normalized spacial score (nSPS) is 22.8. The summed E-state index contributed by atoms with van der Waals surface area (Å²) in [4.78, 5) is 9.13. The van der Waals surface area contributed by atoms with Crippen molar-refractivity contribution in [2.75, 3.05) is 31.6 Å². The van der Waals surface area contributed by atoms with Gasteiger partial charge in [-0.2, -0.15) is 0 Å². The number of guanidine groups is 1. The minimum Gasteiger partial charge on any atom is -0.369 e. The lowest BCUT2D eigenvalue weighted by Gasteiger charge is -2.44. The zero-order valence-electron chi connectivity index (χ0n) is 11.1. The number of nitrogens with zero attached hydrogens (tertiary/aromatic N) is 3. The van der Waals surface area contributed by atoms with Crippen LogP contribution in [0.1, 0.15) is 12.8 Å². The van der Waals surface area contributed by atoms with E-state index in [4.69, 9.17) is 5.73 Å². The molecule has 0 unspecified atom stereocenters. The van der Waals surface area contributed by atoms with Crippen molar-refractivity contribution < 1.29 is 0 Å². The molecule has 0 saturated carbocycles. The highest BCUT2D eigenvalue weighted by atomic mass is 79.9. The van der Waals surface area contributed by atoms with E-state index in [1.165, 1.54) is 0 Å². The van der Waals surface area contributed by atoms with Gasteiger partial charge in [-0.25, -0.2) is 0 Å². The van der Waals surface area contributed by atoms with Crippen molar-refractivity contribution in [2.45, 2.75) is 18.4 Å². The number of halogens is 1. The van der Waals surface area contributed by atoms with Gasteiger partial charge in [-0.1, -0.05) is 15.9 Å². The second-order valence-electron chi connectivity index (χ2n) is 5.51. The third-order valence-corrected chi connectivity index (χ3v) is 4.77. The smallest absolute Gasteiger partial charge is 0.196 e. The van der Waals surface area contributed by atoms with Crippen LogP contribution in [0.5, 0.6) is 0 Å². The molecule has 3 rings (SSSR count). The van der Waals surface area contributed by atoms with Crippen molar-refractivity contribution in [3.05, 3.63) is 28.7 Å². The SMILES string of the molecule is CN1CCC2(CC1)CN=C(N)N2c1ccc(Br)cc1. The number of hydrogen-bond acceptors (Lipinski definition) is 4. The highest BCUT2D eigenvalue weighted by molar-refractivity contribution is 9.10. The average Bonchev–Trinajstić information content (AvgIpc) is 2.72. The molecule has 1 fully saturated rings. The maximum absolute atomic E-state index is 6.14. The molecule has 2 N–H and O–H groups in total. The van der Waals surface area contributed by atoms with Gasteiger partial charge in [0.15, 0.2) is 5.96 Å². The Bertz CT molecular complexity index is 489. The van der Waals surface area contributed by atoms with E-state index in [-0.39, 0.29) is 5.54 Å². The predicted molar refractivity (Wildman–Crippen MR) is 82.6 cm³/mol. The van der Waals surface area contributed by atoms with Crippen molar-refractivity contribution in [3.8, 4) is 0 Å². The lowest BCUT2D eigenvalue weighted by molar-refractivity contribution is 0.202. The van der Waals surface area contributed by atoms with Crippen LogP contribution in [0.25, 0.3) is 0 Å². The van der Waals surface area contributed by atoms with E-state index in [1.807, 2.05) is 0 Å². The first-order chi connectivity index (χ1) is 9.11. The molecule has 0 aliphatic carbocycles. The van der Waals surface area contributed by atoms with E-state index in [9.17, 15) is 0 Å². The summed E-state index contributed by atoms with van der Waals surface area (Å²) >= 11 is 3.48. The lowest BCUT2D eigenvalue weighted by atomic mass is 9.86. The number of piperidine rings is 1. The second kappa shape index (κ2) is 4.80. The summed E-state index contributed by atoms with van der Waals surface area (Å²) in [6, 6.07) is 8.34. The van der Waals surface area contributed by atoms with E-state index in [0.29, 0.717) is 5.96 Å². The Kier molecular flexibility index (Phi) is 3.27. The van der Waals surface area contributed by atoms with Crippen molar-refractivity contribution in [1.82, 2.24) is 4.90 Å². The Hall–Kier alpha value is -1.07. The van der Waals surface area contributed by atoms with Crippen molar-refractivity contribution >= 4 is 27.6 Å². The number of nitrogens with two attached hydrogens (primary N) is 1. The molecule has 0 atom stereocenters. The van der Waals surface area contributed by atoms with Crippen molar-refractivity contribution in [2.24, 2.45) is 10.7 Å². The van der Waals surface area contributed by atoms with Gasteiger partial charge < -0.3 is 15.5 Å². The van der Waals surface area contributed by atoms with E-state index >= 15 is 0 Å². The summed E-state index contributed by atoms with van der Waals surface area (Å²) < 4.78 is 1.09. The molecule has 1 saturated heterocycles. The lowest BCUT2D eigenvalue weighted by Crippen LogP contribution is -2.57. The highest BCUT2D eigenvalue weighted by Gasteiger charge is 2.44. The van der Waals surface area contributed by atoms with Gasteiger partial charge >= 0.3 is 0 Å². The van der Waals surface area contributed by atoms with Gasteiger partial charge in [0.25, 0.3) is 0 Å². The number of likely N-dealkylation sites (tertiary alicyclic amines) is 1. The van der Waals surface area contributed by atoms with E-state index < -0.39 is 0 Å². The Morgan fingerprint density at radius 2 is 1.84 bits per heavy atom. The Balaban J connectivity index is 1.92. The Labute approximate surface area is 122 Å². The summed E-state index contributed by atoms with van der Waals surface area (Å²) in [5, 5.41) is 0. The first-order valence-corrected chi connectivity index (χ1v) is 7.44. The van der Waals surface area contributed by atoms with Crippen LogP contribution in [0, 0.1) is 0 Å². The van der Waals surface area contributed by atoms with Crippen molar-refractivity contribution in [3.63, 3.8) is 0 Å². The van der Waals surface area contributed by atoms with Crippen LogP contribution in [-0.2, 0) is 0 Å². The molecule has 2 aliphatic rings. The first kappa shape index (κ1) is 12.9. The number of rotatable bonds is 1. The molecular formula is C14H19BrN4. The fourth-order valence-electron chi connectivity index (χ4n) is 3.03. The fraction of sp³-hybridized carbons (Fsp3) is 0.500. The summed E-state index contributed by atoms with van der Waals surface area (Å²) in [5.74, 6) is 0.659. The first-order valence-electron chi connectivity index (χ1n) is 6.65. The van der Waals surface area contributed by atoms with Crippen LogP contribution in [0.2, 0.25) is 0 Å². The second-order valence-corrected chi connectivity index (χ2v) is 6.43. The van der Waals surface area contributed by atoms with Crippen LogP contribution < -0.4 is 10.6 Å². The Morgan fingerprint density at radius 1 is 1.21 bits per heavy atom. The summed E-state index contributed by atoms with van der Waals surface area (Å²) in [6.45, 7) is 3.04. The van der Waals surface area contributed by atoms with Crippen molar-refractivity contribution in [1.29, 1.82) is 0 Å². The fourth-order valence-corrected chi connectivity index (χ4v) is 3.29. The van der Waals surface area contributed by atoms with Gasteiger partial charge in [0.1, 0.15) is 0 Å². The monoisotopic (exact) mass is 322 g/mol. The average molecular weight is 323 g/mol. The zero-order chi connectivity index (χ0) is 13.5.